The van der Waals surface area contributed by atoms with Crippen molar-refractivity contribution in [3.63, 3.8) is 0 Å². The van der Waals surface area contributed by atoms with E-state index in [9.17, 15) is 107 Å². The molecule has 1 saturated heterocycles. The number of carbonyl (C=O) groups is 17. The fraction of sp³-hybridized carbons (Fsp3) is 0.708. The SMILES string of the molecule is CC[C@H](C)[C@H](NC(=O)[C@H](CC(=O)O)NC(=O)[C@H](CC(C)C)NC(=O)[C@H](CCCN=C(N)N)NC(=O)[C@H](CO)NC(=O)CNC(=O)[C@@H](N)CCCN=C(N)N)C(=O)N[C@@H](CCCN=C(N)N)C(=O)N1CCC[C@H]1C(=O)N[C@H](C(=O)N[C@@H](CC(C)C)C(=O)N[C@@H](CC(=O)O)C(=O)N[C@@H](CO)C(=O)N[C@@H](CCCN=C(N)N)C(=O)N[C@@H](CO)C(=O)O)[C@@H](C)CC. The molecule has 1 aliphatic heterocycles. The molecule has 0 aliphatic carbocycles. The molecule has 14 amide bonds. The molecule has 1 aliphatic rings. The predicted molar refractivity (Wildman–Crippen MR) is 440 cm³/mol. The van der Waals surface area contributed by atoms with Crippen molar-refractivity contribution in [3.8, 4) is 0 Å². The number of hydrogen-bond acceptors (Lipinski definition) is 25. The third-order valence-corrected chi connectivity index (χ3v) is 19.0. The van der Waals surface area contributed by atoms with Crippen LogP contribution in [-0.4, -0.2) is 304 Å². The third-order valence-electron chi connectivity index (χ3n) is 19.0. The Morgan fingerprint density at radius 2 is 0.705 bits per heavy atom. The van der Waals surface area contributed by atoms with E-state index in [0.29, 0.717) is 6.42 Å². The van der Waals surface area contributed by atoms with Crippen LogP contribution in [0.3, 0.4) is 0 Å². The summed E-state index contributed by atoms with van der Waals surface area (Å²) < 4.78 is 0. The minimum atomic E-state index is -2.03. The Bertz CT molecular complexity index is 3650. The van der Waals surface area contributed by atoms with E-state index in [2.05, 4.69) is 83.8 Å². The second-order valence-electron chi connectivity index (χ2n) is 30.1. The van der Waals surface area contributed by atoms with Crippen molar-refractivity contribution in [1.82, 2.24) is 74.0 Å². The summed E-state index contributed by atoms with van der Waals surface area (Å²) in [5, 5.41) is 90.4. The van der Waals surface area contributed by atoms with Gasteiger partial charge in [-0.15, -0.1) is 0 Å². The highest BCUT2D eigenvalue weighted by Gasteiger charge is 2.43. The molecule has 0 aromatic heterocycles. The van der Waals surface area contributed by atoms with Gasteiger partial charge in [-0.3, -0.25) is 96.7 Å². The highest BCUT2D eigenvalue weighted by molar-refractivity contribution is 6.01. The van der Waals surface area contributed by atoms with Crippen LogP contribution in [0.25, 0.3) is 0 Å². The van der Waals surface area contributed by atoms with Gasteiger partial charge in [0.15, 0.2) is 23.8 Å². The van der Waals surface area contributed by atoms with Crippen LogP contribution in [0, 0.1) is 23.7 Å². The molecule has 0 spiro atoms. The lowest BCUT2D eigenvalue weighted by Gasteiger charge is -2.33. The lowest BCUT2D eigenvalue weighted by Crippen LogP contribution is -2.62. The summed E-state index contributed by atoms with van der Waals surface area (Å²) in [7, 11) is 0. The lowest BCUT2D eigenvalue weighted by atomic mass is 9.96. The molecule has 122 heavy (non-hydrogen) atoms. The van der Waals surface area contributed by atoms with Crippen LogP contribution in [0.15, 0.2) is 20.0 Å². The molecule has 0 aromatic rings. The van der Waals surface area contributed by atoms with E-state index >= 15 is 4.79 Å². The third kappa shape index (κ3) is 41.3. The maximum atomic E-state index is 15.0. The summed E-state index contributed by atoms with van der Waals surface area (Å²) in [6.45, 7) is 8.92. The predicted octanol–water partition coefficient (Wildman–Crippen LogP) is -11.4. The van der Waals surface area contributed by atoms with Crippen molar-refractivity contribution < 1.29 is 112 Å². The van der Waals surface area contributed by atoms with Gasteiger partial charge in [-0.1, -0.05) is 68.2 Å². The van der Waals surface area contributed by atoms with Gasteiger partial charge in [0, 0.05) is 32.7 Å². The van der Waals surface area contributed by atoms with Crippen molar-refractivity contribution in [2.45, 2.75) is 243 Å². The van der Waals surface area contributed by atoms with E-state index in [-0.39, 0.29) is 140 Å². The van der Waals surface area contributed by atoms with Crippen molar-refractivity contribution in [1.29, 1.82) is 0 Å². The lowest BCUT2D eigenvalue weighted by molar-refractivity contribution is -0.143. The topological polar surface area (TPSA) is 855 Å². The number of amides is 14. The van der Waals surface area contributed by atoms with E-state index in [4.69, 9.17) is 51.6 Å². The van der Waals surface area contributed by atoms with Crippen molar-refractivity contribution in [2.75, 3.05) is 59.1 Å². The molecule has 0 bridgehead atoms. The number of nitrogens with one attached hydrogen (secondary N) is 13. The molecule has 1 fully saturated rings. The highest BCUT2D eigenvalue weighted by Crippen LogP contribution is 2.23. The van der Waals surface area contributed by atoms with Gasteiger partial charge in [0.1, 0.15) is 78.5 Å². The van der Waals surface area contributed by atoms with Gasteiger partial charge in [-0.05, 0) is 101 Å². The second-order valence-corrected chi connectivity index (χ2v) is 30.1. The number of likely N-dealkylation sites (tertiary alicyclic amines) is 1. The first-order valence-electron chi connectivity index (χ1n) is 39.9. The van der Waals surface area contributed by atoms with Gasteiger partial charge >= 0.3 is 17.9 Å². The molecule has 0 aromatic carbocycles. The zero-order chi connectivity index (χ0) is 92.8. The minimum Gasteiger partial charge on any atom is -0.481 e. The number of nitrogens with two attached hydrogens (primary N) is 9. The first-order chi connectivity index (χ1) is 57.2. The molecule has 0 unspecified atom stereocenters. The van der Waals surface area contributed by atoms with Crippen LogP contribution in [0.5, 0.6) is 0 Å². The van der Waals surface area contributed by atoms with Gasteiger partial charge < -0.3 is 156 Å². The molecule has 50 nitrogen and oxygen atoms in total. The summed E-state index contributed by atoms with van der Waals surface area (Å²) in [5.74, 6) is -23.1. The quantitative estimate of drug-likeness (QED) is 0.0153. The number of carboxylic acid groups (broad SMARTS) is 3. The fourth-order valence-corrected chi connectivity index (χ4v) is 12.1. The first kappa shape index (κ1) is 108. The van der Waals surface area contributed by atoms with E-state index in [1.807, 2.05) is 5.32 Å². The van der Waals surface area contributed by atoms with Crippen LogP contribution < -0.4 is 121 Å². The number of aliphatic hydroxyl groups excluding tert-OH is 3. The van der Waals surface area contributed by atoms with E-state index in [1.165, 1.54) is 6.92 Å². The monoisotopic (exact) mass is 1740 g/mol. The van der Waals surface area contributed by atoms with Gasteiger partial charge in [-0.25, -0.2) is 4.79 Å². The normalized spacial score (nSPS) is 16.0. The zero-order valence-corrected chi connectivity index (χ0v) is 70.1. The summed E-state index contributed by atoms with van der Waals surface area (Å²) in [5.41, 5.74) is 49.4. The number of aliphatic hydroxyl groups is 3. The Hall–Kier alpha value is -12.1. The molecular weight excluding hydrogens is 1610 g/mol. The van der Waals surface area contributed by atoms with Crippen molar-refractivity contribution in [3.05, 3.63) is 0 Å². The van der Waals surface area contributed by atoms with Crippen molar-refractivity contribution in [2.24, 2.45) is 95.2 Å². The smallest absolute Gasteiger partial charge is 0.328 e. The highest BCUT2D eigenvalue weighted by atomic mass is 16.4. The summed E-state index contributed by atoms with van der Waals surface area (Å²) >= 11 is 0. The van der Waals surface area contributed by atoms with Gasteiger partial charge in [0.2, 0.25) is 82.7 Å². The largest absolute Gasteiger partial charge is 0.481 e. The summed E-state index contributed by atoms with van der Waals surface area (Å²) in [4.78, 5) is 249. The first-order valence-corrected chi connectivity index (χ1v) is 39.9. The number of carbonyl (C=O) groups excluding carboxylic acids is 14. The molecular formula is C72H129N27O23. The molecule has 1 heterocycles. The van der Waals surface area contributed by atoms with Crippen LogP contribution in [0.1, 0.15) is 158 Å². The van der Waals surface area contributed by atoms with Crippen LogP contribution in [0.2, 0.25) is 0 Å². The number of aliphatic imine (C=N–C) groups is 4. The van der Waals surface area contributed by atoms with Gasteiger partial charge in [0.25, 0.3) is 0 Å². The molecule has 0 radical (unpaired) electrons. The van der Waals surface area contributed by atoms with Crippen LogP contribution in [0.4, 0.5) is 0 Å². The average Bonchev–Trinajstić information content (AvgIpc) is 1.64. The Morgan fingerprint density at radius 1 is 0.385 bits per heavy atom. The van der Waals surface area contributed by atoms with E-state index < -0.39 is 248 Å². The second kappa shape index (κ2) is 56.4. The maximum absolute atomic E-state index is 15.0. The fourth-order valence-electron chi connectivity index (χ4n) is 12.1. The van der Waals surface area contributed by atoms with E-state index in [1.54, 1.807) is 48.5 Å². The number of carboxylic acids is 3. The maximum Gasteiger partial charge on any atom is 0.328 e. The number of aliphatic carboxylic acids is 3. The Labute approximate surface area is 705 Å². The van der Waals surface area contributed by atoms with Crippen molar-refractivity contribution >= 4 is 124 Å². The molecule has 16 atom stereocenters. The van der Waals surface area contributed by atoms with Crippen LogP contribution in [-0.2, 0) is 81.5 Å². The van der Waals surface area contributed by atoms with E-state index in [0.717, 1.165) is 4.90 Å². The summed E-state index contributed by atoms with van der Waals surface area (Å²) in [6, 6.07) is -22.9. The molecule has 690 valence electrons. The molecule has 50 heteroatoms. The number of rotatable bonds is 59. The Kier molecular flexibility index (Phi) is 49.9. The van der Waals surface area contributed by atoms with Crippen LogP contribution >= 0.6 is 0 Å². The number of hydrogen-bond donors (Lipinski definition) is 28. The number of nitrogens with zero attached hydrogens (tertiary/aromatic N) is 5. The molecule has 0 saturated carbocycles. The summed E-state index contributed by atoms with van der Waals surface area (Å²) in [6.07, 6.45) is -2.29. The number of guanidine groups is 4. The van der Waals surface area contributed by atoms with Gasteiger partial charge in [0.05, 0.1) is 45.2 Å². The van der Waals surface area contributed by atoms with Gasteiger partial charge in [-0.2, -0.15) is 0 Å². The molecule has 1 rings (SSSR count). The zero-order valence-electron chi connectivity index (χ0n) is 70.1. The Balaban J connectivity index is 3.69. The molecule has 37 N–H and O–H groups in total. The standard InChI is InChI=1S/C72H129N27O23/c1-9-36(7)53(97-61(114)45(29-52(106)107)93-58(111)42(26-34(3)4)91-56(109)39(17-12-22-83-70(76)77)88-62(115)46(31-100)87-50(103)30-86-55(108)38(73)16-11-21-82-69(74)75)65(118)90-41(19-14-24-85-72(80)81)67(120)99-25-15-20-49(99)64(117)98-54(37(8)10-2)66(119)94-43(27-35(5)6)59(112)92-44(28-51(104)105)60(113)95-47(32-101)63(116)89-40(18-13-23-84-71(78)79)57(110)96-48(33-102)68(121)122/h34-49,53-54,100-102H,9-33,73H2,1-8H3,(H,86,108)(H,87,103)(H,88,115)(H,89,116)(H,90,118)(H,91,109)(H,92,112)(H,93,111)(H,94,119)(H,95,113)(H,96,110)(H,97,114)(H,98,117)(H,104,105)(H,106,107)(H,121,122)(H4,74,75,82)(H4,76,77,83)(H4,78,79,84)(H4,80,81,85)/t36-,37-,38-,39-,40-,41-,42-,43-,44-,45-,46-,47-,48-,49-,53-,54-/m0/s1. The average molecular weight is 1740 g/mol. The minimum absolute atomic E-state index is 0.00125. The Morgan fingerprint density at radius 3 is 1.09 bits per heavy atom.